The first-order valence-corrected chi connectivity index (χ1v) is 6.34. The fourth-order valence-electron chi connectivity index (χ4n) is 1.41. The van der Waals surface area contributed by atoms with E-state index in [0.29, 0.717) is 6.10 Å². The molecule has 1 aliphatic rings. The van der Waals surface area contributed by atoms with Gasteiger partial charge in [-0.05, 0) is 19.2 Å². The lowest BCUT2D eigenvalue weighted by atomic mass is 10.2. The van der Waals surface area contributed by atoms with Crippen molar-refractivity contribution in [3.8, 4) is 5.75 Å². The highest BCUT2D eigenvalue weighted by atomic mass is 32.3. The Labute approximate surface area is 100 Å². The largest absolute Gasteiger partial charge is 0.488 e. The SMILES string of the molecule is CN1CC(Oc2ccccc2)C1.O=S(=O)(O)O. The summed E-state index contributed by atoms with van der Waals surface area (Å²) in [7, 11) is -2.56. The van der Waals surface area contributed by atoms with Gasteiger partial charge < -0.3 is 4.74 Å². The molecule has 0 unspecified atom stereocenters. The van der Waals surface area contributed by atoms with Crippen LogP contribution in [-0.2, 0) is 10.4 Å². The van der Waals surface area contributed by atoms with E-state index in [-0.39, 0.29) is 0 Å². The van der Waals surface area contributed by atoms with Crippen molar-refractivity contribution in [2.75, 3.05) is 20.1 Å². The molecule has 0 aromatic heterocycles. The predicted octanol–water partition coefficient (Wildman–Crippen LogP) is 0.727. The molecule has 2 N–H and O–H groups in total. The van der Waals surface area contributed by atoms with Crippen LogP contribution in [0.1, 0.15) is 0 Å². The first-order chi connectivity index (χ1) is 7.84. The number of benzene rings is 1. The molecule has 0 bridgehead atoms. The molecule has 1 heterocycles. The molecule has 0 saturated carbocycles. The van der Waals surface area contributed by atoms with E-state index < -0.39 is 10.4 Å². The van der Waals surface area contributed by atoms with E-state index in [4.69, 9.17) is 22.3 Å². The maximum absolute atomic E-state index is 8.74. The fraction of sp³-hybridized carbons (Fsp3) is 0.400. The van der Waals surface area contributed by atoms with Crippen molar-refractivity contribution in [3.63, 3.8) is 0 Å². The molecule has 0 amide bonds. The van der Waals surface area contributed by atoms with Crippen molar-refractivity contribution < 1.29 is 22.3 Å². The van der Waals surface area contributed by atoms with Gasteiger partial charge in [-0.1, -0.05) is 18.2 Å². The Morgan fingerprint density at radius 3 is 2.12 bits per heavy atom. The van der Waals surface area contributed by atoms with Gasteiger partial charge in [-0.25, -0.2) is 0 Å². The molecule has 0 radical (unpaired) electrons. The Bertz CT molecular complexity index is 419. The summed E-state index contributed by atoms with van der Waals surface area (Å²) in [5, 5.41) is 0. The molecule has 1 aromatic carbocycles. The molecule has 1 saturated heterocycles. The minimum atomic E-state index is -4.67. The molecule has 1 aromatic rings. The molecule has 7 heteroatoms. The Morgan fingerprint density at radius 2 is 1.71 bits per heavy atom. The molecular formula is C10H15NO5S. The Kier molecular flexibility index (Phi) is 4.88. The highest BCUT2D eigenvalue weighted by molar-refractivity contribution is 7.79. The minimum Gasteiger partial charge on any atom is -0.488 e. The maximum atomic E-state index is 8.74. The summed E-state index contributed by atoms with van der Waals surface area (Å²) in [6.45, 7) is 2.10. The topological polar surface area (TPSA) is 87.1 Å². The Hall–Kier alpha value is -1.15. The molecule has 96 valence electrons. The maximum Gasteiger partial charge on any atom is 0.394 e. The third-order valence-electron chi connectivity index (χ3n) is 2.08. The number of ether oxygens (including phenoxy) is 1. The van der Waals surface area contributed by atoms with Crippen molar-refractivity contribution in [3.05, 3.63) is 30.3 Å². The lowest BCUT2D eigenvalue weighted by molar-refractivity contribution is 0.0388. The van der Waals surface area contributed by atoms with Crippen LogP contribution in [0.5, 0.6) is 5.75 Å². The van der Waals surface area contributed by atoms with Gasteiger partial charge >= 0.3 is 10.4 Å². The van der Waals surface area contributed by atoms with Gasteiger partial charge in [0.2, 0.25) is 0 Å². The molecule has 2 rings (SSSR count). The zero-order chi connectivity index (χ0) is 12.9. The van der Waals surface area contributed by atoms with E-state index in [9.17, 15) is 0 Å². The van der Waals surface area contributed by atoms with Crippen LogP contribution >= 0.6 is 0 Å². The highest BCUT2D eigenvalue weighted by Crippen LogP contribution is 2.15. The zero-order valence-electron chi connectivity index (χ0n) is 9.35. The summed E-state index contributed by atoms with van der Waals surface area (Å²) in [4.78, 5) is 2.24. The second-order valence-electron chi connectivity index (χ2n) is 3.72. The third kappa shape index (κ3) is 6.90. The molecule has 1 fully saturated rings. The number of rotatable bonds is 2. The van der Waals surface area contributed by atoms with Gasteiger partial charge in [-0.2, -0.15) is 8.42 Å². The monoisotopic (exact) mass is 261 g/mol. The van der Waals surface area contributed by atoms with Crippen LogP contribution in [0.25, 0.3) is 0 Å². The Balaban J connectivity index is 0.000000249. The minimum absolute atomic E-state index is 0.400. The predicted molar refractivity (Wildman–Crippen MR) is 62.5 cm³/mol. The first kappa shape index (κ1) is 13.9. The summed E-state index contributed by atoms with van der Waals surface area (Å²) in [5.74, 6) is 0.982. The third-order valence-corrected chi connectivity index (χ3v) is 2.08. The smallest absolute Gasteiger partial charge is 0.394 e. The standard InChI is InChI=1S/C10H13NO.H2O4S/c1-11-7-10(8-11)12-9-5-3-2-4-6-9;1-5(2,3)4/h2-6,10H,7-8H2,1H3;(H2,1,2,3,4). The van der Waals surface area contributed by atoms with Crippen molar-refractivity contribution in [1.82, 2.24) is 4.90 Å². The fourth-order valence-corrected chi connectivity index (χ4v) is 1.41. The van der Waals surface area contributed by atoms with Crippen molar-refractivity contribution in [2.45, 2.75) is 6.10 Å². The number of hydrogen-bond acceptors (Lipinski definition) is 4. The van der Waals surface area contributed by atoms with Gasteiger partial charge in [0, 0.05) is 13.1 Å². The molecule has 17 heavy (non-hydrogen) atoms. The van der Waals surface area contributed by atoms with E-state index >= 15 is 0 Å². The van der Waals surface area contributed by atoms with Gasteiger partial charge in [-0.3, -0.25) is 14.0 Å². The van der Waals surface area contributed by atoms with Gasteiger partial charge in [0.1, 0.15) is 11.9 Å². The summed E-state index contributed by atoms with van der Waals surface area (Å²) >= 11 is 0. The average Bonchev–Trinajstić information content (AvgIpc) is 2.14. The normalized spacial score (nSPS) is 16.6. The lowest BCUT2D eigenvalue weighted by Crippen LogP contribution is -2.51. The summed E-state index contributed by atoms with van der Waals surface area (Å²) in [6, 6.07) is 9.99. The second-order valence-corrected chi connectivity index (χ2v) is 4.62. The number of likely N-dealkylation sites (tertiary alicyclic amines) is 1. The van der Waals surface area contributed by atoms with Crippen LogP contribution < -0.4 is 4.74 Å². The van der Waals surface area contributed by atoms with Gasteiger partial charge in [0.05, 0.1) is 0 Å². The van der Waals surface area contributed by atoms with E-state index in [0.717, 1.165) is 18.8 Å². The molecule has 6 nitrogen and oxygen atoms in total. The summed E-state index contributed by atoms with van der Waals surface area (Å²) in [6.07, 6.45) is 0.400. The quantitative estimate of drug-likeness (QED) is 0.763. The lowest BCUT2D eigenvalue weighted by Gasteiger charge is -2.35. The van der Waals surface area contributed by atoms with Crippen molar-refractivity contribution in [2.24, 2.45) is 0 Å². The highest BCUT2D eigenvalue weighted by Gasteiger charge is 2.24. The van der Waals surface area contributed by atoms with Crippen LogP contribution in [-0.4, -0.2) is 48.7 Å². The van der Waals surface area contributed by atoms with Crippen LogP contribution in [0.4, 0.5) is 0 Å². The number of likely N-dealkylation sites (N-methyl/N-ethyl adjacent to an activating group) is 1. The van der Waals surface area contributed by atoms with E-state index in [1.54, 1.807) is 0 Å². The van der Waals surface area contributed by atoms with Gasteiger partial charge in [0.15, 0.2) is 0 Å². The molecule has 0 spiro atoms. The second kappa shape index (κ2) is 5.97. The van der Waals surface area contributed by atoms with Crippen molar-refractivity contribution in [1.29, 1.82) is 0 Å². The van der Waals surface area contributed by atoms with Crippen LogP contribution in [0.3, 0.4) is 0 Å². The van der Waals surface area contributed by atoms with Gasteiger partial charge in [-0.15, -0.1) is 0 Å². The average molecular weight is 261 g/mol. The number of para-hydroxylation sites is 1. The van der Waals surface area contributed by atoms with E-state index in [1.807, 2.05) is 30.3 Å². The first-order valence-electron chi connectivity index (χ1n) is 4.95. The van der Waals surface area contributed by atoms with E-state index in [1.165, 1.54) is 0 Å². The van der Waals surface area contributed by atoms with Crippen LogP contribution in [0, 0.1) is 0 Å². The summed E-state index contributed by atoms with van der Waals surface area (Å²) in [5.41, 5.74) is 0. The van der Waals surface area contributed by atoms with Crippen LogP contribution in [0.15, 0.2) is 30.3 Å². The Morgan fingerprint density at radius 1 is 1.24 bits per heavy atom. The van der Waals surface area contributed by atoms with E-state index in [2.05, 4.69) is 11.9 Å². The molecular weight excluding hydrogens is 246 g/mol. The summed E-state index contributed by atoms with van der Waals surface area (Å²) < 4.78 is 37.3. The molecule has 1 aliphatic heterocycles. The van der Waals surface area contributed by atoms with Gasteiger partial charge in [0.25, 0.3) is 0 Å². The van der Waals surface area contributed by atoms with Crippen molar-refractivity contribution >= 4 is 10.4 Å². The zero-order valence-corrected chi connectivity index (χ0v) is 10.2. The van der Waals surface area contributed by atoms with Crippen LogP contribution in [0.2, 0.25) is 0 Å². The molecule has 0 aliphatic carbocycles. The number of nitrogens with zero attached hydrogens (tertiary/aromatic N) is 1. The molecule has 0 atom stereocenters. The number of hydrogen-bond donors (Lipinski definition) is 2.